The highest BCUT2D eigenvalue weighted by atomic mass is 127. The number of pyridine rings is 1. The van der Waals surface area contributed by atoms with E-state index in [0.717, 1.165) is 22.2 Å². The molecule has 0 aliphatic rings. The van der Waals surface area contributed by atoms with E-state index in [4.69, 9.17) is 10.5 Å². The molecule has 0 saturated carbocycles. The molecule has 18 heavy (non-hydrogen) atoms. The van der Waals surface area contributed by atoms with Crippen LogP contribution >= 0.6 is 22.6 Å². The van der Waals surface area contributed by atoms with E-state index in [1.165, 1.54) is 5.56 Å². The molecule has 1 heterocycles. The number of aromatic nitrogens is 1. The van der Waals surface area contributed by atoms with Gasteiger partial charge in [-0.25, -0.2) is 0 Å². The predicted octanol–water partition coefficient (Wildman–Crippen LogP) is 3.28. The van der Waals surface area contributed by atoms with Crippen molar-refractivity contribution in [3.63, 3.8) is 0 Å². The van der Waals surface area contributed by atoms with Gasteiger partial charge in [0.1, 0.15) is 5.75 Å². The van der Waals surface area contributed by atoms with Crippen LogP contribution in [0.2, 0.25) is 0 Å². The maximum atomic E-state index is 5.88. The van der Waals surface area contributed by atoms with Crippen LogP contribution in [-0.4, -0.2) is 11.6 Å². The van der Waals surface area contributed by atoms with Crippen molar-refractivity contribution < 1.29 is 4.74 Å². The highest BCUT2D eigenvalue weighted by Crippen LogP contribution is 2.23. The van der Waals surface area contributed by atoms with Gasteiger partial charge in [0, 0.05) is 16.0 Å². The second-order valence-corrected chi connectivity index (χ2v) is 5.24. The second-order valence-electron chi connectivity index (χ2n) is 3.99. The molecule has 2 N–H and O–H groups in total. The Morgan fingerprint density at radius 1 is 1.17 bits per heavy atom. The van der Waals surface area contributed by atoms with Crippen molar-refractivity contribution in [2.24, 2.45) is 0 Å². The van der Waals surface area contributed by atoms with Gasteiger partial charge >= 0.3 is 0 Å². The highest BCUT2D eigenvalue weighted by Gasteiger charge is 2.00. The third kappa shape index (κ3) is 3.87. The molecule has 0 atom stereocenters. The molecule has 0 spiro atoms. The smallest absolute Gasteiger partial charge is 0.142 e. The minimum atomic E-state index is 0.674. The summed E-state index contributed by atoms with van der Waals surface area (Å²) < 4.78 is 6.79. The number of aryl methyl sites for hydroxylation is 1. The van der Waals surface area contributed by atoms with Crippen LogP contribution in [0, 0.1) is 3.57 Å². The van der Waals surface area contributed by atoms with Gasteiger partial charge in [-0.3, -0.25) is 4.98 Å². The van der Waals surface area contributed by atoms with Crippen LogP contribution in [-0.2, 0) is 6.42 Å². The fourth-order valence-corrected chi connectivity index (χ4v) is 2.17. The molecule has 0 aliphatic heterocycles. The van der Waals surface area contributed by atoms with Gasteiger partial charge in [-0.1, -0.05) is 0 Å². The van der Waals surface area contributed by atoms with Crippen LogP contribution in [0.15, 0.2) is 42.7 Å². The van der Waals surface area contributed by atoms with E-state index in [1.807, 2.05) is 42.7 Å². The lowest BCUT2D eigenvalue weighted by atomic mass is 10.1. The Morgan fingerprint density at radius 2 is 1.94 bits per heavy atom. The summed E-state index contributed by atoms with van der Waals surface area (Å²) in [6.07, 6.45) is 5.59. The molecular formula is C14H15IN2O. The summed E-state index contributed by atoms with van der Waals surface area (Å²) >= 11 is 2.23. The molecule has 2 rings (SSSR count). The molecule has 0 bridgehead atoms. The zero-order valence-electron chi connectivity index (χ0n) is 9.97. The molecule has 0 saturated heterocycles. The second kappa shape index (κ2) is 6.58. The predicted molar refractivity (Wildman–Crippen MR) is 81.6 cm³/mol. The number of nitrogens with two attached hydrogens (primary N) is 1. The highest BCUT2D eigenvalue weighted by molar-refractivity contribution is 14.1. The molecule has 0 radical (unpaired) electrons. The van der Waals surface area contributed by atoms with E-state index < -0.39 is 0 Å². The number of benzene rings is 1. The lowest BCUT2D eigenvalue weighted by molar-refractivity contribution is 0.312. The molecular weight excluding hydrogens is 339 g/mol. The first-order valence-corrected chi connectivity index (χ1v) is 6.90. The van der Waals surface area contributed by atoms with Crippen LogP contribution in [0.25, 0.3) is 0 Å². The number of ether oxygens (including phenoxy) is 1. The van der Waals surface area contributed by atoms with Gasteiger partial charge in [-0.2, -0.15) is 0 Å². The van der Waals surface area contributed by atoms with Gasteiger partial charge in [-0.15, -0.1) is 0 Å². The normalized spacial score (nSPS) is 10.3. The van der Waals surface area contributed by atoms with Crippen molar-refractivity contribution in [2.45, 2.75) is 12.8 Å². The van der Waals surface area contributed by atoms with E-state index in [-0.39, 0.29) is 0 Å². The fourth-order valence-electron chi connectivity index (χ4n) is 1.66. The van der Waals surface area contributed by atoms with Crippen LogP contribution in [0.1, 0.15) is 12.0 Å². The molecule has 94 valence electrons. The van der Waals surface area contributed by atoms with Crippen molar-refractivity contribution in [1.29, 1.82) is 0 Å². The summed E-state index contributed by atoms with van der Waals surface area (Å²) in [5.74, 6) is 0.769. The van der Waals surface area contributed by atoms with Crippen molar-refractivity contribution in [3.05, 3.63) is 51.9 Å². The maximum absolute atomic E-state index is 5.88. The van der Waals surface area contributed by atoms with Gasteiger partial charge in [0.25, 0.3) is 0 Å². The summed E-state index contributed by atoms with van der Waals surface area (Å²) in [5.41, 5.74) is 7.86. The Kier molecular flexibility index (Phi) is 4.81. The van der Waals surface area contributed by atoms with Crippen LogP contribution in [0.3, 0.4) is 0 Å². The van der Waals surface area contributed by atoms with Crippen LogP contribution in [0.5, 0.6) is 5.75 Å². The average Bonchev–Trinajstić information content (AvgIpc) is 2.38. The van der Waals surface area contributed by atoms with Crippen LogP contribution in [0.4, 0.5) is 5.69 Å². The minimum absolute atomic E-state index is 0.674. The number of hydrogen-bond donors (Lipinski definition) is 1. The molecule has 1 aromatic carbocycles. The Hall–Kier alpha value is -1.30. The molecule has 3 nitrogen and oxygen atoms in total. The summed E-state index contributed by atoms with van der Waals surface area (Å²) in [4.78, 5) is 3.99. The Labute approximate surface area is 121 Å². The first-order valence-electron chi connectivity index (χ1n) is 5.82. The number of nitrogen functional groups attached to an aromatic ring is 1. The van der Waals surface area contributed by atoms with E-state index in [0.29, 0.717) is 12.3 Å². The Balaban J connectivity index is 1.79. The van der Waals surface area contributed by atoms with E-state index in [9.17, 15) is 0 Å². The first kappa shape index (κ1) is 13.1. The summed E-state index contributed by atoms with van der Waals surface area (Å²) in [7, 11) is 0. The average molecular weight is 354 g/mol. The topological polar surface area (TPSA) is 48.1 Å². The molecule has 0 unspecified atom stereocenters. The lowest BCUT2D eigenvalue weighted by Crippen LogP contribution is -2.02. The van der Waals surface area contributed by atoms with Crippen molar-refractivity contribution in [3.8, 4) is 5.75 Å². The molecule has 0 amide bonds. The molecule has 1 aromatic heterocycles. The van der Waals surface area contributed by atoms with E-state index in [2.05, 4.69) is 27.6 Å². The van der Waals surface area contributed by atoms with Gasteiger partial charge in [0.05, 0.1) is 12.3 Å². The quantitative estimate of drug-likeness (QED) is 0.509. The number of nitrogens with zero attached hydrogens (tertiary/aromatic N) is 1. The Morgan fingerprint density at radius 3 is 2.67 bits per heavy atom. The van der Waals surface area contributed by atoms with Crippen molar-refractivity contribution in [2.75, 3.05) is 12.3 Å². The van der Waals surface area contributed by atoms with Gasteiger partial charge in [0.2, 0.25) is 0 Å². The monoisotopic (exact) mass is 354 g/mol. The zero-order chi connectivity index (χ0) is 12.8. The number of rotatable bonds is 5. The van der Waals surface area contributed by atoms with E-state index >= 15 is 0 Å². The van der Waals surface area contributed by atoms with Gasteiger partial charge in [0.15, 0.2) is 0 Å². The molecule has 0 aliphatic carbocycles. The third-order valence-corrected chi connectivity index (χ3v) is 3.26. The summed E-state index contributed by atoms with van der Waals surface area (Å²) in [6.45, 7) is 0.674. The summed E-state index contributed by atoms with van der Waals surface area (Å²) in [6, 6.07) is 9.88. The van der Waals surface area contributed by atoms with Crippen LogP contribution < -0.4 is 10.5 Å². The largest absolute Gasteiger partial charge is 0.491 e. The number of hydrogen-bond acceptors (Lipinski definition) is 3. The molecule has 2 aromatic rings. The van der Waals surface area contributed by atoms with E-state index in [1.54, 1.807) is 0 Å². The first-order chi connectivity index (χ1) is 8.75. The number of anilines is 1. The zero-order valence-corrected chi connectivity index (χ0v) is 12.1. The lowest BCUT2D eigenvalue weighted by Gasteiger charge is -2.09. The minimum Gasteiger partial charge on any atom is -0.491 e. The summed E-state index contributed by atoms with van der Waals surface area (Å²) in [5, 5.41) is 0. The third-order valence-electron chi connectivity index (χ3n) is 2.59. The fraction of sp³-hybridized carbons (Fsp3) is 0.214. The molecule has 4 heteroatoms. The SMILES string of the molecule is Nc1cc(I)ccc1OCCCc1ccncc1. The van der Waals surface area contributed by atoms with Crippen molar-refractivity contribution in [1.82, 2.24) is 4.98 Å². The van der Waals surface area contributed by atoms with Gasteiger partial charge in [-0.05, 0) is 71.3 Å². The standard InChI is InChI=1S/C14H15IN2O/c15-12-3-4-14(13(16)10-12)18-9-1-2-11-5-7-17-8-6-11/h3-8,10H,1-2,9,16H2. The maximum Gasteiger partial charge on any atom is 0.142 e. The van der Waals surface area contributed by atoms with Crippen molar-refractivity contribution >= 4 is 28.3 Å². The van der Waals surface area contributed by atoms with Gasteiger partial charge < -0.3 is 10.5 Å². The Bertz CT molecular complexity index is 502. The molecule has 0 fully saturated rings. The number of halogens is 1.